The van der Waals surface area contributed by atoms with Crippen molar-refractivity contribution in [2.45, 2.75) is 6.92 Å². The third-order valence-corrected chi connectivity index (χ3v) is 2.53. The molecule has 0 saturated heterocycles. The number of hydrogen-bond acceptors (Lipinski definition) is 2. The van der Waals surface area contributed by atoms with Gasteiger partial charge >= 0.3 is 0 Å². The smallest absolute Gasteiger partial charge is 0.135 e. The van der Waals surface area contributed by atoms with Crippen LogP contribution in [-0.4, -0.2) is 12.1 Å². The van der Waals surface area contributed by atoms with Crippen LogP contribution in [0.5, 0.6) is 0 Å². The molecule has 1 aromatic heterocycles. The first kappa shape index (κ1) is 15.1. The molecule has 0 saturated carbocycles. The Morgan fingerprint density at radius 2 is 1.50 bits per heavy atom. The number of halogens is 1. The number of furan rings is 1. The van der Waals surface area contributed by atoms with Gasteiger partial charge in [0.1, 0.15) is 11.2 Å². The zero-order chi connectivity index (χ0) is 13.5. The van der Waals surface area contributed by atoms with E-state index in [1.54, 1.807) is 6.26 Å². The van der Waals surface area contributed by atoms with Crippen molar-refractivity contribution < 1.29 is 4.42 Å². The van der Waals surface area contributed by atoms with Crippen molar-refractivity contribution >= 4 is 50.5 Å². The van der Waals surface area contributed by atoms with Crippen LogP contribution in [0.4, 0.5) is 0 Å². The molecule has 0 aliphatic carbocycles. The Balaban J connectivity index is 0.000000371. The molecule has 2 aromatic carbocycles. The maximum absolute atomic E-state index is 5.71. The fourth-order valence-corrected chi connectivity index (χ4v) is 1.84. The van der Waals surface area contributed by atoms with E-state index in [0.717, 1.165) is 11.2 Å². The van der Waals surface area contributed by atoms with Crippen LogP contribution in [0.15, 0.2) is 46.9 Å². The molecule has 3 aromatic rings. The molecule has 0 N–H and O–H groups in total. The Kier molecular flexibility index (Phi) is 6.30. The van der Waals surface area contributed by atoms with Crippen LogP contribution in [0.1, 0.15) is 5.56 Å². The zero-order valence-corrected chi connectivity index (χ0v) is 13.3. The van der Waals surface area contributed by atoms with Gasteiger partial charge in [-0.3, -0.25) is 0 Å². The van der Waals surface area contributed by atoms with Gasteiger partial charge in [-0.15, -0.1) is 0 Å². The molecule has 0 spiro atoms. The van der Waals surface area contributed by atoms with E-state index in [1.165, 1.54) is 16.3 Å². The third-order valence-electron chi connectivity index (χ3n) is 2.53. The Bertz CT molecular complexity index is 616. The molecule has 0 aliphatic heterocycles. The van der Waals surface area contributed by atoms with E-state index >= 15 is 0 Å². The molecule has 0 aliphatic rings. The van der Waals surface area contributed by atoms with Gasteiger partial charge in [0.05, 0.1) is 0 Å². The summed E-state index contributed by atoms with van der Waals surface area (Å²) >= 11 is 6.47. The van der Waals surface area contributed by atoms with Crippen molar-refractivity contribution in [1.29, 1.82) is 0 Å². The summed E-state index contributed by atoms with van der Waals surface area (Å²) in [7, 11) is 0. The van der Waals surface area contributed by atoms with Gasteiger partial charge in [0.2, 0.25) is 0 Å². The number of benzene rings is 2. The second-order valence-electron chi connectivity index (χ2n) is 3.60. The molecule has 3 heteroatoms. The third kappa shape index (κ3) is 3.09. The lowest BCUT2D eigenvalue weighted by Gasteiger charge is -1.90. The van der Waals surface area contributed by atoms with E-state index in [2.05, 4.69) is 53.7 Å². The fourth-order valence-electron chi connectivity index (χ4n) is 1.84. The maximum Gasteiger partial charge on any atom is 0.135 e. The summed E-state index contributed by atoms with van der Waals surface area (Å²) in [5.41, 5.74) is 3.20. The van der Waals surface area contributed by atoms with E-state index in [4.69, 9.17) is 4.42 Å². The highest BCUT2D eigenvalue weighted by Gasteiger charge is 2.04. The normalized spacial score (nSPS) is 9.39. The van der Waals surface area contributed by atoms with Gasteiger partial charge in [0.15, 0.2) is 0 Å². The van der Waals surface area contributed by atoms with Crippen LogP contribution in [0.3, 0.4) is 0 Å². The van der Waals surface area contributed by atoms with Gasteiger partial charge in [-0.1, -0.05) is 45.8 Å². The van der Waals surface area contributed by atoms with Crippen LogP contribution < -0.4 is 0 Å². The topological polar surface area (TPSA) is 13.1 Å². The maximum atomic E-state index is 5.71. The average molecular weight is 325 g/mol. The van der Waals surface area contributed by atoms with Crippen LogP contribution in [0, 0.1) is 6.92 Å². The van der Waals surface area contributed by atoms with Gasteiger partial charge in [-0.25, -0.2) is 0 Å². The number of thiol groups is 1. The van der Waals surface area contributed by atoms with Crippen molar-refractivity contribution in [3.8, 4) is 0 Å². The van der Waals surface area contributed by atoms with E-state index < -0.39 is 0 Å². The lowest BCUT2D eigenvalue weighted by atomic mass is 10.1. The number of fused-ring (bicyclic) bond motifs is 3. The van der Waals surface area contributed by atoms with Gasteiger partial charge in [-0.05, 0) is 37.2 Å². The number of hydrogen-bond donors (Lipinski definition) is 1. The molecule has 1 heterocycles. The van der Waals surface area contributed by atoms with Crippen LogP contribution in [0.25, 0.3) is 21.9 Å². The van der Waals surface area contributed by atoms with Crippen molar-refractivity contribution in [3.63, 3.8) is 0 Å². The monoisotopic (exact) mass is 324 g/mol. The Hall–Kier alpha value is -0.930. The number of aryl methyl sites for hydroxylation is 1. The highest BCUT2D eigenvalue weighted by Crippen LogP contribution is 2.28. The summed E-state index contributed by atoms with van der Waals surface area (Å²) in [6.07, 6.45) is 1.69. The number of para-hydroxylation sites is 1. The quantitative estimate of drug-likeness (QED) is 0.428. The average Bonchev–Trinajstić information content (AvgIpc) is 2.81. The predicted molar refractivity (Wildman–Crippen MR) is 88.2 cm³/mol. The standard InChI is InChI=1S/C13H10O.CH3Br.CH4S/c1-9-6-7-13-11(8-9)10-4-2-3-5-12(10)14-13;2*1-2/h2-8H,1H3;1H3;2H,1H3. The van der Waals surface area contributed by atoms with Crippen LogP contribution in [-0.2, 0) is 0 Å². The first-order chi connectivity index (χ1) is 8.84. The molecule has 0 bridgehead atoms. The summed E-state index contributed by atoms with van der Waals surface area (Å²) < 4.78 is 5.71. The summed E-state index contributed by atoms with van der Waals surface area (Å²) in [6, 6.07) is 14.4. The van der Waals surface area contributed by atoms with Crippen LogP contribution >= 0.6 is 28.6 Å². The molecule has 3 rings (SSSR count). The summed E-state index contributed by atoms with van der Waals surface area (Å²) in [6.45, 7) is 2.10. The fraction of sp³-hybridized carbons (Fsp3) is 0.200. The Labute approximate surface area is 122 Å². The Morgan fingerprint density at radius 1 is 0.889 bits per heavy atom. The minimum atomic E-state index is 0.966. The molecular formula is C15H17BrOS. The van der Waals surface area contributed by atoms with Crippen molar-refractivity contribution in [3.05, 3.63) is 48.0 Å². The summed E-state index contributed by atoms with van der Waals surface area (Å²) in [5.74, 6) is 1.81. The zero-order valence-electron chi connectivity index (χ0n) is 10.8. The molecule has 1 nitrogen and oxygen atoms in total. The molecule has 0 fully saturated rings. The van der Waals surface area contributed by atoms with Crippen molar-refractivity contribution in [1.82, 2.24) is 0 Å². The van der Waals surface area contributed by atoms with Crippen molar-refractivity contribution in [2.75, 3.05) is 12.1 Å². The minimum Gasteiger partial charge on any atom is -0.456 e. The van der Waals surface area contributed by atoms with Crippen molar-refractivity contribution in [2.24, 2.45) is 0 Å². The molecule has 0 amide bonds. The van der Waals surface area contributed by atoms with Gasteiger partial charge in [0, 0.05) is 10.8 Å². The summed E-state index contributed by atoms with van der Waals surface area (Å²) in [4.78, 5) is 0. The SMILES string of the molecule is CBr.CS.Cc1ccc2oc3ccccc3c2c1. The van der Waals surface area contributed by atoms with Gasteiger partial charge in [-0.2, -0.15) is 12.6 Å². The molecule has 0 atom stereocenters. The molecular weight excluding hydrogens is 308 g/mol. The molecule has 0 radical (unpaired) electrons. The molecule has 96 valence electrons. The van der Waals surface area contributed by atoms with E-state index in [1.807, 2.05) is 30.1 Å². The lowest BCUT2D eigenvalue weighted by molar-refractivity contribution is 0.669. The van der Waals surface area contributed by atoms with Crippen LogP contribution in [0.2, 0.25) is 0 Å². The van der Waals surface area contributed by atoms with Gasteiger partial charge in [0.25, 0.3) is 0 Å². The van der Waals surface area contributed by atoms with E-state index in [0.29, 0.717) is 0 Å². The minimum absolute atomic E-state index is 0.966. The number of rotatable bonds is 0. The second-order valence-corrected chi connectivity index (χ2v) is 3.60. The highest BCUT2D eigenvalue weighted by molar-refractivity contribution is 9.08. The van der Waals surface area contributed by atoms with E-state index in [-0.39, 0.29) is 0 Å². The Morgan fingerprint density at radius 3 is 2.22 bits per heavy atom. The van der Waals surface area contributed by atoms with E-state index in [9.17, 15) is 0 Å². The predicted octanol–water partition coefficient (Wildman–Crippen LogP) is 5.45. The molecule has 0 unspecified atom stereocenters. The molecule has 18 heavy (non-hydrogen) atoms. The first-order valence-corrected chi connectivity index (χ1v) is 8.03. The second kappa shape index (κ2) is 7.49. The number of alkyl halides is 1. The lowest BCUT2D eigenvalue weighted by Crippen LogP contribution is -1.69. The summed E-state index contributed by atoms with van der Waals surface area (Å²) in [5, 5.41) is 2.41. The largest absolute Gasteiger partial charge is 0.456 e. The highest BCUT2D eigenvalue weighted by atomic mass is 79.9. The van der Waals surface area contributed by atoms with Gasteiger partial charge < -0.3 is 4.42 Å². The first-order valence-electron chi connectivity index (χ1n) is 5.55.